The van der Waals surface area contributed by atoms with Gasteiger partial charge in [-0.3, -0.25) is 0 Å². The van der Waals surface area contributed by atoms with Crippen molar-refractivity contribution in [3.63, 3.8) is 0 Å². The van der Waals surface area contributed by atoms with Gasteiger partial charge in [0.15, 0.2) is 0 Å². The van der Waals surface area contributed by atoms with Gasteiger partial charge in [-0.25, -0.2) is 0 Å². The van der Waals surface area contributed by atoms with E-state index in [1.807, 2.05) is 0 Å². The second-order valence-corrected chi connectivity index (χ2v) is 3.93. The molecular formula is C8H9BN2O2S. The van der Waals surface area contributed by atoms with E-state index in [2.05, 4.69) is 0 Å². The van der Waals surface area contributed by atoms with E-state index in [0.29, 0.717) is 16.8 Å². The fraction of sp³-hybridized carbons (Fsp3) is 0. The van der Waals surface area contributed by atoms with Gasteiger partial charge in [-0.2, -0.15) is 0 Å². The van der Waals surface area contributed by atoms with Gasteiger partial charge in [0.2, 0.25) is 0 Å². The number of rotatable bonds is 1. The number of hydrogen-bond acceptors (Lipinski definition) is 5. The molecule has 2 aromatic rings. The molecule has 0 aliphatic carbocycles. The lowest BCUT2D eigenvalue weighted by Gasteiger charge is -2.03. The van der Waals surface area contributed by atoms with Gasteiger partial charge in [0.25, 0.3) is 0 Å². The van der Waals surface area contributed by atoms with Crippen molar-refractivity contribution in [1.29, 1.82) is 0 Å². The molecule has 0 amide bonds. The fourth-order valence-corrected chi connectivity index (χ4v) is 2.23. The molecule has 6 heteroatoms. The third kappa shape index (κ3) is 1.33. The summed E-state index contributed by atoms with van der Waals surface area (Å²) in [5, 5.41) is 20.6. The Morgan fingerprint density at radius 3 is 2.50 bits per heavy atom. The van der Waals surface area contributed by atoms with Crippen molar-refractivity contribution in [2.24, 2.45) is 0 Å². The number of nitrogen functional groups attached to an aromatic ring is 2. The van der Waals surface area contributed by atoms with Gasteiger partial charge >= 0.3 is 7.12 Å². The van der Waals surface area contributed by atoms with Crippen molar-refractivity contribution in [2.45, 2.75) is 0 Å². The second kappa shape index (κ2) is 3.16. The van der Waals surface area contributed by atoms with Crippen LogP contribution in [0, 0.1) is 0 Å². The first-order chi connectivity index (χ1) is 6.59. The van der Waals surface area contributed by atoms with Crippen LogP contribution in [0.25, 0.3) is 10.1 Å². The maximum Gasteiger partial charge on any atom is 0.488 e. The summed E-state index contributed by atoms with van der Waals surface area (Å²) in [6.45, 7) is 0. The monoisotopic (exact) mass is 208 g/mol. The van der Waals surface area contributed by atoms with Crippen LogP contribution in [0.3, 0.4) is 0 Å². The standard InChI is InChI=1S/C8H9BN2O2S/c10-6-2-4(9(12)13)1-5-7(11)3-14-8(5)6/h1-3,12-13H,10-11H2. The first-order valence-corrected chi connectivity index (χ1v) is 4.90. The lowest BCUT2D eigenvalue weighted by Crippen LogP contribution is -2.29. The molecule has 1 aromatic carbocycles. The summed E-state index contributed by atoms with van der Waals surface area (Å²) in [5.41, 5.74) is 12.9. The van der Waals surface area contributed by atoms with Gasteiger partial charge in [0.05, 0.1) is 10.4 Å². The van der Waals surface area contributed by atoms with E-state index >= 15 is 0 Å². The van der Waals surface area contributed by atoms with E-state index in [4.69, 9.17) is 21.5 Å². The fourth-order valence-electron chi connectivity index (χ4n) is 1.36. The number of hydrogen-bond donors (Lipinski definition) is 4. The number of benzene rings is 1. The Kier molecular flexibility index (Phi) is 2.11. The second-order valence-electron chi connectivity index (χ2n) is 3.05. The van der Waals surface area contributed by atoms with Crippen molar-refractivity contribution < 1.29 is 10.0 Å². The highest BCUT2D eigenvalue weighted by Crippen LogP contribution is 2.31. The summed E-state index contributed by atoms with van der Waals surface area (Å²) in [4.78, 5) is 0. The van der Waals surface area contributed by atoms with E-state index < -0.39 is 7.12 Å². The maximum absolute atomic E-state index is 9.00. The van der Waals surface area contributed by atoms with Gasteiger partial charge in [0.1, 0.15) is 0 Å². The van der Waals surface area contributed by atoms with Crippen molar-refractivity contribution in [2.75, 3.05) is 11.5 Å². The molecule has 1 heterocycles. The van der Waals surface area contributed by atoms with Gasteiger partial charge in [-0.1, -0.05) is 6.07 Å². The Bertz CT molecular complexity index is 483. The van der Waals surface area contributed by atoms with Crippen LogP contribution in [-0.2, 0) is 0 Å². The molecule has 14 heavy (non-hydrogen) atoms. The number of thiophene rings is 1. The summed E-state index contributed by atoms with van der Waals surface area (Å²) < 4.78 is 0.881. The molecule has 1 aromatic heterocycles. The van der Waals surface area contributed by atoms with Gasteiger partial charge in [-0.05, 0) is 11.5 Å². The number of anilines is 2. The lowest BCUT2D eigenvalue weighted by molar-refractivity contribution is 0.426. The molecule has 4 nitrogen and oxygen atoms in total. The van der Waals surface area contributed by atoms with Crippen LogP contribution in [0.15, 0.2) is 17.5 Å². The summed E-state index contributed by atoms with van der Waals surface area (Å²) >= 11 is 1.45. The first-order valence-electron chi connectivity index (χ1n) is 4.02. The molecule has 0 bridgehead atoms. The highest BCUT2D eigenvalue weighted by molar-refractivity contribution is 7.18. The van der Waals surface area contributed by atoms with E-state index in [1.165, 1.54) is 11.3 Å². The molecule has 0 atom stereocenters. The molecule has 0 spiro atoms. The van der Waals surface area contributed by atoms with Crippen molar-refractivity contribution in [3.05, 3.63) is 17.5 Å². The van der Waals surface area contributed by atoms with E-state index in [1.54, 1.807) is 17.5 Å². The molecule has 0 saturated carbocycles. The minimum absolute atomic E-state index is 0.361. The van der Waals surface area contributed by atoms with Gasteiger partial charge < -0.3 is 21.5 Å². The third-order valence-electron chi connectivity index (χ3n) is 2.05. The molecular weight excluding hydrogens is 199 g/mol. The Labute approximate surface area is 84.9 Å². The van der Waals surface area contributed by atoms with Crippen LogP contribution in [0.2, 0.25) is 0 Å². The van der Waals surface area contributed by atoms with Crippen LogP contribution < -0.4 is 16.9 Å². The van der Waals surface area contributed by atoms with Crippen LogP contribution in [-0.4, -0.2) is 17.2 Å². The van der Waals surface area contributed by atoms with Crippen molar-refractivity contribution in [1.82, 2.24) is 0 Å². The average Bonchev–Trinajstić information content (AvgIpc) is 2.48. The summed E-state index contributed by atoms with van der Waals surface area (Å²) in [6, 6.07) is 3.19. The van der Waals surface area contributed by atoms with E-state index in [-0.39, 0.29) is 0 Å². The molecule has 6 N–H and O–H groups in total. The molecule has 0 unspecified atom stereocenters. The summed E-state index contributed by atoms with van der Waals surface area (Å²) in [5.74, 6) is 0. The zero-order chi connectivity index (χ0) is 10.3. The number of fused-ring (bicyclic) bond motifs is 1. The van der Waals surface area contributed by atoms with E-state index in [0.717, 1.165) is 10.1 Å². The molecule has 0 radical (unpaired) electrons. The minimum atomic E-state index is -1.51. The zero-order valence-corrected chi connectivity index (χ0v) is 8.08. The topological polar surface area (TPSA) is 92.5 Å². The maximum atomic E-state index is 9.00. The van der Waals surface area contributed by atoms with Gasteiger partial charge in [-0.15, -0.1) is 11.3 Å². The summed E-state index contributed by atoms with van der Waals surface area (Å²) in [6.07, 6.45) is 0. The normalized spacial score (nSPS) is 10.7. The van der Waals surface area contributed by atoms with Crippen molar-refractivity contribution >= 4 is 45.4 Å². The van der Waals surface area contributed by atoms with Crippen molar-refractivity contribution in [3.8, 4) is 0 Å². The molecule has 0 aliphatic rings. The van der Waals surface area contributed by atoms with Crippen LogP contribution >= 0.6 is 11.3 Å². The molecule has 2 rings (SSSR count). The Hall–Kier alpha value is -1.24. The quantitative estimate of drug-likeness (QED) is 0.384. The largest absolute Gasteiger partial charge is 0.488 e. The smallest absolute Gasteiger partial charge is 0.423 e. The van der Waals surface area contributed by atoms with Gasteiger partial charge in [0, 0.05) is 16.5 Å². The molecule has 0 saturated heterocycles. The van der Waals surface area contributed by atoms with Crippen LogP contribution in [0.5, 0.6) is 0 Å². The third-order valence-corrected chi connectivity index (χ3v) is 3.12. The highest BCUT2D eigenvalue weighted by Gasteiger charge is 2.14. The average molecular weight is 208 g/mol. The van der Waals surface area contributed by atoms with Crippen LogP contribution in [0.4, 0.5) is 11.4 Å². The molecule has 0 fully saturated rings. The zero-order valence-electron chi connectivity index (χ0n) is 7.27. The van der Waals surface area contributed by atoms with E-state index in [9.17, 15) is 0 Å². The SMILES string of the molecule is Nc1csc2c(N)cc(B(O)O)cc12. The lowest BCUT2D eigenvalue weighted by atomic mass is 9.79. The molecule has 72 valence electrons. The summed E-state index contributed by atoms with van der Waals surface area (Å²) in [7, 11) is -1.51. The predicted octanol–water partition coefficient (Wildman–Crippen LogP) is -0.254. The van der Waals surface area contributed by atoms with Crippen LogP contribution in [0.1, 0.15) is 0 Å². The number of nitrogens with two attached hydrogens (primary N) is 2. The first kappa shape index (κ1) is 9.33. The molecule has 0 aliphatic heterocycles. The predicted molar refractivity (Wildman–Crippen MR) is 60.5 cm³/mol. The highest BCUT2D eigenvalue weighted by atomic mass is 32.1. The minimum Gasteiger partial charge on any atom is -0.423 e. The Balaban J connectivity index is 2.75. The Morgan fingerprint density at radius 1 is 1.14 bits per heavy atom. The Morgan fingerprint density at radius 2 is 1.86 bits per heavy atom.